The molecule has 0 saturated carbocycles. The van der Waals surface area contributed by atoms with Gasteiger partial charge >= 0.3 is 0 Å². The molecule has 188 valence electrons. The van der Waals surface area contributed by atoms with Crippen molar-refractivity contribution < 1.29 is 0 Å². The minimum atomic E-state index is 0.815. The molecule has 0 saturated heterocycles. The normalized spacial score (nSPS) is 11.7. The molecule has 1 aliphatic carbocycles. The van der Waals surface area contributed by atoms with E-state index in [2.05, 4.69) is 138 Å². The van der Waals surface area contributed by atoms with E-state index < -0.39 is 0 Å². The summed E-state index contributed by atoms with van der Waals surface area (Å²) in [4.78, 5) is 4.95. The second-order valence-electron chi connectivity index (χ2n) is 10.7. The zero-order chi connectivity index (χ0) is 26.9. The Bertz CT molecular complexity index is 2290. The molecule has 0 radical (unpaired) electrons. The summed E-state index contributed by atoms with van der Waals surface area (Å²) in [5.41, 5.74) is 11.7. The third kappa shape index (κ3) is 3.30. The van der Waals surface area contributed by atoms with Crippen LogP contribution in [0.5, 0.6) is 0 Å². The molecule has 1 aromatic heterocycles. The topological polar surface area (TPSA) is 17.8 Å². The SMILES string of the molecule is c1ccc2c(c#1)nc(-c1ccc(-c3ccc4cc5c(cc4c3)-c3cccc4cccc-5c34)cc1)n2-c1ccccc1. The van der Waals surface area contributed by atoms with Gasteiger partial charge in [0.2, 0.25) is 0 Å². The molecule has 7 aromatic carbocycles. The number of benzene rings is 6. The first-order valence-corrected chi connectivity index (χ1v) is 13.9. The lowest BCUT2D eigenvalue weighted by Gasteiger charge is -2.11. The van der Waals surface area contributed by atoms with Crippen molar-refractivity contribution >= 4 is 32.6 Å². The third-order valence-corrected chi connectivity index (χ3v) is 8.38. The summed E-state index contributed by atoms with van der Waals surface area (Å²) in [6.45, 7) is 0. The Balaban J connectivity index is 1.13. The van der Waals surface area contributed by atoms with Crippen LogP contribution in [0.25, 0.3) is 83.0 Å². The molecule has 0 fully saturated rings. The summed E-state index contributed by atoms with van der Waals surface area (Å²) in [5, 5.41) is 5.19. The van der Waals surface area contributed by atoms with Gasteiger partial charge in [0, 0.05) is 11.3 Å². The summed E-state index contributed by atoms with van der Waals surface area (Å²) in [6, 6.07) is 54.1. The van der Waals surface area contributed by atoms with E-state index in [1.54, 1.807) is 0 Å². The molecular weight excluding hydrogens is 496 g/mol. The molecule has 0 bridgehead atoms. The number of aromatic nitrogens is 2. The van der Waals surface area contributed by atoms with Crippen LogP contribution in [0.1, 0.15) is 0 Å². The van der Waals surface area contributed by atoms with Crippen LogP contribution < -0.4 is 0 Å². The largest absolute Gasteiger partial charge is 0.292 e. The predicted molar refractivity (Wildman–Crippen MR) is 169 cm³/mol. The van der Waals surface area contributed by atoms with Gasteiger partial charge in [0.05, 0.1) is 5.52 Å². The van der Waals surface area contributed by atoms with E-state index in [-0.39, 0.29) is 0 Å². The van der Waals surface area contributed by atoms with E-state index in [9.17, 15) is 0 Å². The van der Waals surface area contributed by atoms with Gasteiger partial charge < -0.3 is 0 Å². The fraction of sp³-hybridized carbons (Fsp3) is 0. The minimum absolute atomic E-state index is 0.815. The first-order chi connectivity index (χ1) is 20.3. The lowest BCUT2D eigenvalue weighted by molar-refractivity contribution is 1.10. The Hall–Kier alpha value is -5.65. The van der Waals surface area contributed by atoms with Gasteiger partial charge in [-0.15, -0.1) is 0 Å². The molecule has 0 atom stereocenters. The zero-order valence-electron chi connectivity index (χ0n) is 22.1. The highest BCUT2D eigenvalue weighted by atomic mass is 15.1. The van der Waals surface area contributed by atoms with Crippen LogP contribution in [0, 0.1) is 12.1 Å². The second-order valence-corrected chi connectivity index (χ2v) is 10.7. The average molecular weight is 519 g/mol. The highest BCUT2D eigenvalue weighted by Crippen LogP contribution is 2.48. The van der Waals surface area contributed by atoms with Crippen molar-refractivity contribution in [3.63, 3.8) is 0 Å². The monoisotopic (exact) mass is 518 g/mol. The molecule has 0 unspecified atom stereocenters. The van der Waals surface area contributed by atoms with Crippen molar-refractivity contribution in [2.24, 2.45) is 0 Å². The Labute approximate surface area is 237 Å². The number of nitrogens with zero attached hydrogens (tertiary/aromatic N) is 2. The van der Waals surface area contributed by atoms with Gasteiger partial charge in [-0.2, -0.15) is 0 Å². The van der Waals surface area contributed by atoms with E-state index in [0.717, 1.165) is 28.1 Å². The molecule has 0 N–H and O–H groups in total. The van der Waals surface area contributed by atoms with E-state index in [4.69, 9.17) is 4.98 Å². The summed E-state index contributed by atoms with van der Waals surface area (Å²) in [6.07, 6.45) is 0. The average Bonchev–Trinajstić information content (AvgIpc) is 3.58. The molecular formula is C39H22N2. The van der Waals surface area contributed by atoms with Crippen molar-refractivity contribution in [2.75, 3.05) is 0 Å². The number of hydrogen-bond acceptors (Lipinski definition) is 1. The van der Waals surface area contributed by atoms with Crippen molar-refractivity contribution in [1.82, 2.24) is 9.55 Å². The van der Waals surface area contributed by atoms with Gasteiger partial charge in [-0.05, 0) is 103 Å². The second kappa shape index (κ2) is 8.42. The zero-order valence-corrected chi connectivity index (χ0v) is 22.1. The molecule has 41 heavy (non-hydrogen) atoms. The molecule has 0 amide bonds. The molecule has 0 aliphatic heterocycles. The number of rotatable bonds is 3. The Morgan fingerprint density at radius 3 is 2.00 bits per heavy atom. The molecule has 2 heteroatoms. The molecule has 1 aliphatic rings. The summed E-state index contributed by atoms with van der Waals surface area (Å²) in [7, 11) is 0. The van der Waals surface area contributed by atoms with Gasteiger partial charge in [0.15, 0.2) is 0 Å². The van der Waals surface area contributed by atoms with Crippen molar-refractivity contribution in [3.8, 4) is 50.5 Å². The van der Waals surface area contributed by atoms with Crippen LogP contribution in [0.2, 0.25) is 0 Å². The Kier molecular flexibility index (Phi) is 4.56. The quantitative estimate of drug-likeness (QED) is 0.228. The van der Waals surface area contributed by atoms with E-state index >= 15 is 0 Å². The van der Waals surface area contributed by atoms with Crippen molar-refractivity contribution in [1.29, 1.82) is 0 Å². The first kappa shape index (κ1) is 22.2. The van der Waals surface area contributed by atoms with Crippen LogP contribution in [-0.2, 0) is 0 Å². The van der Waals surface area contributed by atoms with E-state index in [0.29, 0.717) is 0 Å². The molecule has 9 rings (SSSR count). The fourth-order valence-corrected chi connectivity index (χ4v) is 6.47. The number of hydrogen-bond donors (Lipinski definition) is 0. The van der Waals surface area contributed by atoms with Gasteiger partial charge in [-0.3, -0.25) is 4.57 Å². The molecule has 1 heterocycles. The highest BCUT2D eigenvalue weighted by Gasteiger charge is 2.21. The maximum atomic E-state index is 4.95. The highest BCUT2D eigenvalue weighted by molar-refractivity contribution is 6.17. The number of para-hydroxylation sites is 1. The third-order valence-electron chi connectivity index (χ3n) is 8.38. The van der Waals surface area contributed by atoms with Gasteiger partial charge in [0.1, 0.15) is 11.3 Å². The number of imidazole rings is 1. The fourth-order valence-electron chi connectivity index (χ4n) is 6.47. The summed E-state index contributed by atoms with van der Waals surface area (Å²) in [5.74, 6) is 0.899. The van der Waals surface area contributed by atoms with Crippen LogP contribution in [0.4, 0.5) is 0 Å². The molecule has 2 nitrogen and oxygen atoms in total. The van der Waals surface area contributed by atoms with Crippen molar-refractivity contribution in [2.45, 2.75) is 0 Å². The van der Waals surface area contributed by atoms with Gasteiger partial charge in [-0.1, -0.05) is 97.1 Å². The minimum Gasteiger partial charge on any atom is -0.292 e. The summed E-state index contributed by atoms with van der Waals surface area (Å²) >= 11 is 0. The van der Waals surface area contributed by atoms with Gasteiger partial charge in [0.25, 0.3) is 0 Å². The van der Waals surface area contributed by atoms with Crippen molar-refractivity contribution in [3.05, 3.63) is 146 Å². The molecule has 8 aromatic rings. The lowest BCUT2D eigenvalue weighted by atomic mass is 9.95. The van der Waals surface area contributed by atoms with E-state index in [1.807, 2.05) is 12.1 Å². The van der Waals surface area contributed by atoms with Gasteiger partial charge in [-0.25, -0.2) is 4.98 Å². The Morgan fingerprint density at radius 1 is 0.512 bits per heavy atom. The predicted octanol–water partition coefficient (Wildman–Crippen LogP) is 9.91. The lowest BCUT2D eigenvalue weighted by Crippen LogP contribution is -1.97. The maximum absolute atomic E-state index is 4.95. The smallest absolute Gasteiger partial charge is 0.146 e. The first-order valence-electron chi connectivity index (χ1n) is 13.9. The van der Waals surface area contributed by atoms with Crippen LogP contribution in [0.3, 0.4) is 0 Å². The number of fused-ring (bicyclic) bond motifs is 5. The maximum Gasteiger partial charge on any atom is 0.146 e. The van der Waals surface area contributed by atoms with Crippen LogP contribution >= 0.6 is 0 Å². The molecule has 0 spiro atoms. The van der Waals surface area contributed by atoms with Crippen LogP contribution in [0.15, 0.2) is 133 Å². The van der Waals surface area contributed by atoms with E-state index in [1.165, 1.54) is 54.9 Å². The van der Waals surface area contributed by atoms with Crippen LogP contribution in [-0.4, -0.2) is 9.55 Å². The Morgan fingerprint density at radius 2 is 1.22 bits per heavy atom. The standard InChI is InChI=1S/C39H22N2/c1-2-10-31(11-3-1)41-37-15-5-4-14-36(37)40-39(41)27-18-16-25(17-19-27)28-20-21-29-23-34-32-12-6-8-26-9-7-13-33(38(26)32)35(34)24-30(29)22-28/h1-3,5-13,15-24H. The summed E-state index contributed by atoms with van der Waals surface area (Å²) < 4.78 is 2.20.